The van der Waals surface area contributed by atoms with Crippen molar-refractivity contribution in [3.05, 3.63) is 33.1 Å². The minimum atomic E-state index is -0.357. The second kappa shape index (κ2) is 6.15. The molecule has 2 unspecified atom stereocenters. The molecule has 1 heterocycles. The van der Waals surface area contributed by atoms with Gasteiger partial charge in [-0.05, 0) is 47.7 Å². The summed E-state index contributed by atoms with van der Waals surface area (Å²) in [6.07, 6.45) is -0.473. The predicted octanol–water partition coefficient (Wildman–Crippen LogP) is 1.65. The highest BCUT2D eigenvalue weighted by atomic mass is 127. The number of halogens is 2. The van der Waals surface area contributed by atoms with Crippen LogP contribution in [0.25, 0.3) is 0 Å². The maximum atomic E-state index is 13.0. The number of hydrogen-bond donors (Lipinski definition) is 1. The van der Waals surface area contributed by atoms with Crippen LogP contribution in [0.1, 0.15) is 17.3 Å². The van der Waals surface area contributed by atoms with Gasteiger partial charge in [0.2, 0.25) is 0 Å². The second-order valence-corrected chi connectivity index (χ2v) is 5.75. The molecule has 1 N–H and O–H groups in total. The Bertz CT molecular complexity index is 483. The summed E-state index contributed by atoms with van der Waals surface area (Å²) >= 11 is 1.95. The monoisotopic (exact) mass is 379 g/mol. The molecule has 0 bridgehead atoms. The molecule has 19 heavy (non-hydrogen) atoms. The summed E-state index contributed by atoms with van der Waals surface area (Å²) < 4.78 is 19.1. The molecule has 4 nitrogen and oxygen atoms in total. The molecular weight excluding hydrogens is 364 g/mol. The van der Waals surface area contributed by atoms with Crippen LogP contribution in [0.3, 0.4) is 0 Å². The third-order valence-electron chi connectivity index (χ3n) is 2.98. The van der Waals surface area contributed by atoms with Crippen molar-refractivity contribution in [2.45, 2.75) is 19.1 Å². The van der Waals surface area contributed by atoms with Crippen molar-refractivity contribution in [2.75, 3.05) is 19.7 Å². The number of amides is 1. The molecule has 0 aliphatic carbocycles. The Hall–Kier alpha value is -0.730. The van der Waals surface area contributed by atoms with E-state index in [4.69, 9.17) is 9.84 Å². The van der Waals surface area contributed by atoms with Gasteiger partial charge < -0.3 is 14.7 Å². The number of nitrogens with zero attached hydrogens (tertiary/aromatic N) is 1. The Morgan fingerprint density at radius 1 is 1.58 bits per heavy atom. The Kier molecular flexibility index (Phi) is 4.75. The summed E-state index contributed by atoms with van der Waals surface area (Å²) in [5.41, 5.74) is 0.479. The highest BCUT2D eigenvalue weighted by Crippen LogP contribution is 2.19. The van der Waals surface area contributed by atoms with Crippen molar-refractivity contribution in [2.24, 2.45) is 0 Å². The Morgan fingerprint density at radius 2 is 2.32 bits per heavy atom. The molecule has 1 aromatic rings. The average Bonchev–Trinajstić information content (AvgIpc) is 2.37. The third kappa shape index (κ3) is 3.43. The normalized spacial score (nSPS) is 23.5. The van der Waals surface area contributed by atoms with Gasteiger partial charge in [0.25, 0.3) is 5.91 Å². The number of carbonyl (C=O) groups is 1. The molecule has 0 radical (unpaired) electrons. The van der Waals surface area contributed by atoms with E-state index in [-0.39, 0.29) is 30.5 Å². The Balaban J connectivity index is 2.18. The van der Waals surface area contributed by atoms with Gasteiger partial charge in [0, 0.05) is 16.7 Å². The lowest BCUT2D eigenvalue weighted by molar-refractivity contribution is -0.0858. The smallest absolute Gasteiger partial charge is 0.255 e. The summed E-state index contributed by atoms with van der Waals surface area (Å²) in [5.74, 6) is -0.512. The number of ether oxygens (including phenoxy) is 1. The van der Waals surface area contributed by atoms with E-state index in [0.717, 1.165) is 0 Å². The van der Waals surface area contributed by atoms with Gasteiger partial charge in [-0.15, -0.1) is 0 Å². The largest absolute Gasteiger partial charge is 0.394 e. The molecule has 2 atom stereocenters. The summed E-state index contributed by atoms with van der Waals surface area (Å²) in [4.78, 5) is 14.0. The molecule has 1 aliphatic rings. The quantitative estimate of drug-likeness (QED) is 0.796. The van der Waals surface area contributed by atoms with Crippen LogP contribution in [0.2, 0.25) is 0 Å². The number of aliphatic hydroxyl groups excluding tert-OH is 1. The molecule has 104 valence electrons. The molecule has 1 amide bonds. The summed E-state index contributed by atoms with van der Waals surface area (Å²) in [6.45, 7) is 2.57. The maximum absolute atomic E-state index is 13.0. The molecule has 6 heteroatoms. The molecule has 2 rings (SSSR count). The predicted molar refractivity (Wildman–Crippen MR) is 76.4 cm³/mol. The molecule has 1 aromatic carbocycles. The van der Waals surface area contributed by atoms with E-state index in [1.165, 1.54) is 18.2 Å². The minimum absolute atomic E-state index is 0.116. The van der Waals surface area contributed by atoms with Crippen molar-refractivity contribution < 1.29 is 19.0 Å². The van der Waals surface area contributed by atoms with E-state index in [1.54, 1.807) is 4.90 Å². The zero-order valence-electron chi connectivity index (χ0n) is 10.5. The molecule has 1 saturated heterocycles. The molecule has 0 saturated carbocycles. The van der Waals surface area contributed by atoms with Crippen molar-refractivity contribution in [3.63, 3.8) is 0 Å². The first-order valence-corrected chi connectivity index (χ1v) is 7.09. The van der Waals surface area contributed by atoms with Gasteiger partial charge in [-0.25, -0.2) is 4.39 Å². The van der Waals surface area contributed by atoms with Crippen LogP contribution in [0.4, 0.5) is 4.39 Å². The van der Waals surface area contributed by atoms with Crippen LogP contribution in [0.5, 0.6) is 0 Å². The molecule has 0 aromatic heterocycles. The van der Waals surface area contributed by atoms with Gasteiger partial charge >= 0.3 is 0 Å². The van der Waals surface area contributed by atoms with E-state index in [9.17, 15) is 9.18 Å². The lowest BCUT2D eigenvalue weighted by Crippen LogP contribution is -2.50. The Labute approximate surface area is 124 Å². The highest BCUT2D eigenvalue weighted by Gasteiger charge is 2.29. The average molecular weight is 379 g/mol. The van der Waals surface area contributed by atoms with Crippen LogP contribution >= 0.6 is 22.6 Å². The van der Waals surface area contributed by atoms with Crippen LogP contribution in [0.15, 0.2) is 18.2 Å². The Morgan fingerprint density at radius 3 is 2.95 bits per heavy atom. The lowest BCUT2D eigenvalue weighted by Gasteiger charge is -2.36. The van der Waals surface area contributed by atoms with Gasteiger partial charge in [0.15, 0.2) is 0 Å². The molecule has 1 aliphatic heterocycles. The summed E-state index contributed by atoms with van der Waals surface area (Å²) in [7, 11) is 0. The van der Waals surface area contributed by atoms with E-state index < -0.39 is 0 Å². The topological polar surface area (TPSA) is 49.8 Å². The van der Waals surface area contributed by atoms with Crippen LogP contribution in [0, 0.1) is 9.39 Å². The first-order chi connectivity index (χ1) is 9.01. The summed E-state index contributed by atoms with van der Waals surface area (Å²) in [6, 6.07) is 4.11. The third-order valence-corrected chi connectivity index (χ3v) is 3.87. The first kappa shape index (κ1) is 14.7. The van der Waals surface area contributed by atoms with E-state index in [0.29, 0.717) is 22.2 Å². The van der Waals surface area contributed by atoms with Gasteiger partial charge in [-0.3, -0.25) is 4.79 Å². The summed E-state index contributed by atoms with van der Waals surface area (Å²) in [5, 5.41) is 9.16. The first-order valence-electron chi connectivity index (χ1n) is 6.02. The van der Waals surface area contributed by atoms with Crippen LogP contribution in [-0.4, -0.2) is 47.8 Å². The van der Waals surface area contributed by atoms with Crippen molar-refractivity contribution in [1.82, 2.24) is 4.90 Å². The number of hydrogen-bond acceptors (Lipinski definition) is 3. The van der Waals surface area contributed by atoms with Gasteiger partial charge in [0.1, 0.15) is 5.82 Å². The van der Waals surface area contributed by atoms with E-state index in [2.05, 4.69) is 0 Å². The van der Waals surface area contributed by atoms with Crippen molar-refractivity contribution >= 4 is 28.5 Å². The van der Waals surface area contributed by atoms with Crippen molar-refractivity contribution in [1.29, 1.82) is 0 Å². The fourth-order valence-electron chi connectivity index (χ4n) is 2.15. The fraction of sp³-hybridized carbons (Fsp3) is 0.462. The SMILES string of the molecule is CC1CN(C(=O)c2ccc(F)cc2I)CC(CO)O1. The van der Waals surface area contributed by atoms with Gasteiger partial charge in [-0.2, -0.15) is 0 Å². The fourth-order valence-corrected chi connectivity index (χ4v) is 2.85. The number of benzene rings is 1. The molecular formula is C13H15FINO3. The van der Waals surface area contributed by atoms with Crippen LogP contribution < -0.4 is 0 Å². The number of aliphatic hydroxyl groups is 1. The lowest BCUT2D eigenvalue weighted by atomic mass is 10.1. The van der Waals surface area contributed by atoms with Gasteiger partial charge in [-0.1, -0.05) is 0 Å². The number of carbonyl (C=O) groups excluding carboxylic acids is 1. The highest BCUT2D eigenvalue weighted by molar-refractivity contribution is 14.1. The standard InChI is InChI=1S/C13H15FINO3/c1-8-5-16(6-10(7-17)19-8)13(18)11-3-2-9(14)4-12(11)15/h2-4,8,10,17H,5-7H2,1H3. The second-order valence-electron chi connectivity index (χ2n) is 4.59. The van der Waals surface area contributed by atoms with Crippen molar-refractivity contribution in [3.8, 4) is 0 Å². The maximum Gasteiger partial charge on any atom is 0.255 e. The minimum Gasteiger partial charge on any atom is -0.394 e. The van der Waals surface area contributed by atoms with Crippen LogP contribution in [-0.2, 0) is 4.74 Å². The van der Waals surface area contributed by atoms with E-state index >= 15 is 0 Å². The van der Waals surface area contributed by atoms with E-state index in [1.807, 2.05) is 29.5 Å². The number of rotatable bonds is 2. The molecule has 1 fully saturated rings. The van der Waals surface area contributed by atoms with Gasteiger partial charge in [0.05, 0.1) is 24.4 Å². The number of morpholine rings is 1. The zero-order chi connectivity index (χ0) is 14.0. The zero-order valence-corrected chi connectivity index (χ0v) is 12.6. The molecule has 0 spiro atoms.